The number of carbonyl (C=O) groups excluding carboxylic acids is 2. The van der Waals surface area contributed by atoms with Gasteiger partial charge in [0, 0.05) is 23.3 Å². The van der Waals surface area contributed by atoms with Gasteiger partial charge in [-0.15, -0.1) is 0 Å². The molecule has 0 radical (unpaired) electrons. The van der Waals surface area contributed by atoms with Gasteiger partial charge in [-0.1, -0.05) is 184 Å². The van der Waals surface area contributed by atoms with Crippen molar-refractivity contribution in [3.63, 3.8) is 0 Å². The zero-order valence-corrected chi connectivity index (χ0v) is 42.3. The van der Waals surface area contributed by atoms with Gasteiger partial charge in [0.2, 0.25) is 0 Å². The van der Waals surface area contributed by atoms with Crippen LogP contribution in [-0.2, 0) is 76.9 Å². The van der Waals surface area contributed by atoms with E-state index in [1.54, 1.807) is 0 Å². The Morgan fingerprint density at radius 2 is 1.16 bits per heavy atom. The summed E-state index contributed by atoms with van der Waals surface area (Å²) in [5.74, 6) is -3.32. The van der Waals surface area contributed by atoms with Crippen molar-refractivity contribution in [3.8, 4) is 11.1 Å². The molecule has 0 aromatic heterocycles. The average molecular weight is 1020 g/mol. The number of aliphatic hydroxyl groups excluding tert-OH is 1. The lowest BCUT2D eigenvalue weighted by atomic mass is 9.88. The SMILES string of the molecule is CC1[C@H](ON[C@H](C(=O)C(=O)OCC2c3ccccc3-c3ccccc32)[C@@H](C)O)OC2COC(c3ccccc3)O[C@@H]2[C@@H]1O[C@@H]1OC(COCc2ccccc2)[C@H](OCc2ccccc2)[C@H](C)C1OCc1ccccc1. The molecule has 2 N–H and O–H groups in total. The molecule has 3 saturated heterocycles. The van der Waals surface area contributed by atoms with E-state index in [1.807, 2.05) is 177 Å². The second kappa shape index (κ2) is 24.8. The molecule has 6 aromatic rings. The molecule has 0 spiro atoms. The van der Waals surface area contributed by atoms with Crippen LogP contribution in [0.2, 0.25) is 0 Å². The minimum absolute atomic E-state index is 0.0708. The number of ether oxygens (including phenoxy) is 9. The molecule has 0 saturated carbocycles. The number of carbonyl (C=O) groups is 2. The summed E-state index contributed by atoms with van der Waals surface area (Å²) < 4.78 is 59.7. The predicted molar refractivity (Wildman–Crippen MR) is 276 cm³/mol. The average Bonchev–Trinajstić information content (AvgIpc) is 3.77. The molecule has 4 aliphatic rings. The van der Waals surface area contributed by atoms with Gasteiger partial charge in [-0.3, -0.25) is 9.63 Å². The van der Waals surface area contributed by atoms with Crippen molar-refractivity contribution in [2.45, 2.75) is 114 Å². The maximum absolute atomic E-state index is 13.9. The number of benzene rings is 6. The Labute approximate surface area is 438 Å². The summed E-state index contributed by atoms with van der Waals surface area (Å²) in [5.41, 5.74) is 10.6. The fourth-order valence-corrected chi connectivity index (χ4v) is 10.5. The summed E-state index contributed by atoms with van der Waals surface area (Å²) in [6.45, 7) is 6.53. The third kappa shape index (κ3) is 12.3. The van der Waals surface area contributed by atoms with E-state index < -0.39 is 85.3 Å². The molecule has 0 bridgehead atoms. The Hall–Kier alpha value is -5.98. The minimum Gasteiger partial charge on any atom is -0.459 e. The number of nitrogens with one attached hydrogen (secondary N) is 1. The Morgan fingerprint density at radius 3 is 1.76 bits per heavy atom. The van der Waals surface area contributed by atoms with Gasteiger partial charge in [-0.05, 0) is 45.9 Å². The first-order valence-corrected chi connectivity index (χ1v) is 25.9. The van der Waals surface area contributed by atoms with E-state index >= 15 is 0 Å². The van der Waals surface area contributed by atoms with Crippen LogP contribution in [0.15, 0.2) is 170 Å². The van der Waals surface area contributed by atoms with Crippen molar-refractivity contribution in [1.82, 2.24) is 5.48 Å². The lowest BCUT2D eigenvalue weighted by molar-refractivity contribution is -0.391. The van der Waals surface area contributed by atoms with E-state index in [0.29, 0.717) is 13.2 Å². The summed E-state index contributed by atoms with van der Waals surface area (Å²) in [6, 6.07) is 53.8. The highest BCUT2D eigenvalue weighted by molar-refractivity contribution is 6.35. The van der Waals surface area contributed by atoms with Crippen molar-refractivity contribution in [1.29, 1.82) is 0 Å². The molecule has 14 heteroatoms. The monoisotopic (exact) mass is 1020 g/mol. The van der Waals surface area contributed by atoms with Crippen LogP contribution in [-0.4, -0.2) is 98.0 Å². The third-order valence-corrected chi connectivity index (χ3v) is 14.6. The number of fused-ring (bicyclic) bond motifs is 4. The molecule has 14 nitrogen and oxygen atoms in total. The Balaban J connectivity index is 0.895. The fourth-order valence-electron chi connectivity index (χ4n) is 10.5. The van der Waals surface area contributed by atoms with Crippen LogP contribution in [0, 0.1) is 11.8 Å². The molecule has 10 rings (SSSR count). The molecule has 3 heterocycles. The third-order valence-electron chi connectivity index (χ3n) is 14.6. The van der Waals surface area contributed by atoms with Gasteiger partial charge in [0.25, 0.3) is 5.78 Å². The maximum atomic E-state index is 13.9. The lowest BCUT2D eigenvalue weighted by Crippen LogP contribution is -2.64. The summed E-state index contributed by atoms with van der Waals surface area (Å²) in [4.78, 5) is 33.7. The second-order valence-electron chi connectivity index (χ2n) is 19.7. The molecule has 1 aliphatic carbocycles. The van der Waals surface area contributed by atoms with Gasteiger partial charge in [-0.25, -0.2) is 4.79 Å². The quantitative estimate of drug-likeness (QED) is 0.0400. The topological polar surface area (TPSA) is 159 Å². The largest absolute Gasteiger partial charge is 0.459 e. The zero-order valence-electron chi connectivity index (χ0n) is 42.3. The summed E-state index contributed by atoms with van der Waals surface area (Å²) in [5, 5.41) is 11.0. The van der Waals surface area contributed by atoms with E-state index in [1.165, 1.54) is 6.92 Å². The van der Waals surface area contributed by atoms with Crippen LogP contribution in [0.1, 0.15) is 66.4 Å². The molecule has 6 aromatic carbocycles. The molecule has 3 aliphatic heterocycles. The number of rotatable bonds is 21. The highest BCUT2D eigenvalue weighted by Crippen LogP contribution is 2.45. The summed E-state index contributed by atoms with van der Waals surface area (Å²) in [7, 11) is 0. The van der Waals surface area contributed by atoms with E-state index in [0.717, 1.165) is 44.5 Å². The minimum atomic E-state index is -1.52. The zero-order chi connectivity index (χ0) is 51.7. The van der Waals surface area contributed by atoms with Crippen molar-refractivity contribution >= 4 is 11.8 Å². The number of hydrogen-bond acceptors (Lipinski definition) is 14. The van der Waals surface area contributed by atoms with Gasteiger partial charge in [0.05, 0.1) is 51.3 Å². The molecule has 75 heavy (non-hydrogen) atoms. The van der Waals surface area contributed by atoms with E-state index in [4.69, 9.17) is 47.5 Å². The van der Waals surface area contributed by atoms with Crippen molar-refractivity contribution in [3.05, 3.63) is 203 Å². The van der Waals surface area contributed by atoms with Crippen LogP contribution >= 0.6 is 0 Å². The van der Waals surface area contributed by atoms with Gasteiger partial charge >= 0.3 is 5.97 Å². The standard InChI is InChI=1S/C61H65NO13/c1-38-54(67-33-42-22-10-5-11-23-42)50(36-66-32-41-20-8-4-9-21-41)72-61(56(38)68-34-43-24-12-6-13-25-43)73-55-39(2)59(71-51-37-70-60(74-57(51)55)44-26-14-7-15-27-44)75-62-52(40(3)63)53(64)58(65)69-35-49-47-30-18-16-28-45(47)46-29-17-19-31-48(46)49/h4-31,38-40,49-52,54-57,59-63H,32-37H2,1-3H3/t38-,39?,40+,50?,51?,52-,54+,55+,56?,57-,59-,60?,61-/m0/s1. The normalized spacial score (nSPS) is 27.1. The lowest BCUT2D eigenvalue weighted by Gasteiger charge is -2.51. The highest BCUT2D eigenvalue weighted by Gasteiger charge is 2.54. The van der Waals surface area contributed by atoms with Crippen LogP contribution < -0.4 is 5.48 Å². The Kier molecular flexibility index (Phi) is 17.3. The first-order chi connectivity index (χ1) is 36.7. The van der Waals surface area contributed by atoms with Crippen LogP contribution in [0.4, 0.5) is 0 Å². The van der Waals surface area contributed by atoms with Gasteiger partial charge < -0.3 is 47.7 Å². The number of aliphatic hydroxyl groups is 1. The molecular formula is C61H65NO13. The first-order valence-electron chi connectivity index (χ1n) is 25.9. The first kappa shape index (κ1) is 52.5. The Morgan fingerprint density at radius 1 is 0.613 bits per heavy atom. The van der Waals surface area contributed by atoms with Crippen molar-refractivity contribution in [2.75, 3.05) is 19.8 Å². The molecule has 392 valence electrons. The molecule has 0 amide bonds. The maximum Gasteiger partial charge on any atom is 0.376 e. The molecule has 3 fully saturated rings. The number of esters is 1. The second-order valence-corrected chi connectivity index (χ2v) is 19.7. The molecule has 13 atom stereocenters. The predicted octanol–water partition coefficient (Wildman–Crippen LogP) is 8.79. The van der Waals surface area contributed by atoms with Gasteiger partial charge in [0.1, 0.15) is 37.1 Å². The van der Waals surface area contributed by atoms with E-state index in [2.05, 4.69) is 12.4 Å². The van der Waals surface area contributed by atoms with Crippen LogP contribution in [0.3, 0.4) is 0 Å². The van der Waals surface area contributed by atoms with E-state index in [-0.39, 0.29) is 38.3 Å². The van der Waals surface area contributed by atoms with Crippen LogP contribution in [0.5, 0.6) is 0 Å². The number of ketones is 1. The van der Waals surface area contributed by atoms with Crippen molar-refractivity contribution < 1.29 is 62.2 Å². The molecular weight excluding hydrogens is 955 g/mol. The van der Waals surface area contributed by atoms with Crippen molar-refractivity contribution in [2.24, 2.45) is 11.8 Å². The summed E-state index contributed by atoms with van der Waals surface area (Å²) in [6.07, 6.45) is -8.24. The smallest absolute Gasteiger partial charge is 0.376 e. The highest BCUT2D eigenvalue weighted by atomic mass is 16.8. The van der Waals surface area contributed by atoms with E-state index in [9.17, 15) is 14.7 Å². The van der Waals surface area contributed by atoms with Crippen LogP contribution in [0.25, 0.3) is 11.1 Å². The number of hydroxylamine groups is 1. The van der Waals surface area contributed by atoms with Gasteiger partial charge in [-0.2, -0.15) is 5.48 Å². The van der Waals surface area contributed by atoms with Gasteiger partial charge in [0.15, 0.2) is 18.9 Å². The number of Topliss-reactive ketones (excluding diaryl/α,β-unsaturated/α-hetero) is 1. The number of hydrogen-bond donors (Lipinski definition) is 2. The Bertz CT molecular complexity index is 2720. The fraction of sp³-hybridized carbons (Fsp3) is 0.377. The summed E-state index contributed by atoms with van der Waals surface area (Å²) >= 11 is 0. The molecule has 5 unspecified atom stereocenters.